The fourth-order valence-corrected chi connectivity index (χ4v) is 2.72. The summed E-state index contributed by atoms with van der Waals surface area (Å²) in [7, 11) is 0. The second-order valence-electron chi connectivity index (χ2n) is 4.85. The Morgan fingerprint density at radius 2 is 1.68 bits per heavy atom. The van der Waals surface area contributed by atoms with Gasteiger partial charge in [0, 0.05) is 0 Å². The van der Waals surface area contributed by atoms with Crippen LogP contribution in [0, 0.1) is 6.92 Å². The third-order valence-electron chi connectivity index (χ3n) is 3.63. The molecule has 3 heteroatoms. The maximum Gasteiger partial charge on any atom is 0.231 e. The molecule has 0 unspecified atom stereocenters. The van der Waals surface area contributed by atoms with Gasteiger partial charge in [0.15, 0.2) is 11.5 Å². The zero-order valence-electron chi connectivity index (χ0n) is 10.4. The molecule has 1 aliphatic rings. The molecule has 1 heterocycles. The summed E-state index contributed by atoms with van der Waals surface area (Å²) in [5.41, 5.74) is 1.18. The minimum atomic E-state index is 0.272. The fourth-order valence-electron chi connectivity index (χ4n) is 2.72. The van der Waals surface area contributed by atoms with Crippen molar-refractivity contribution in [2.45, 2.75) is 6.92 Å². The SMILES string of the molecule is Cc1cc2cc3c(cc2c2cc(O)ccc12)OCO3. The Hall–Kier alpha value is -2.42. The fraction of sp³-hybridized carbons (Fsp3) is 0.125. The highest BCUT2D eigenvalue weighted by molar-refractivity contribution is 6.10. The van der Waals surface area contributed by atoms with Gasteiger partial charge in [-0.15, -0.1) is 0 Å². The van der Waals surface area contributed by atoms with Crippen LogP contribution in [0.5, 0.6) is 17.2 Å². The highest BCUT2D eigenvalue weighted by Gasteiger charge is 2.16. The lowest BCUT2D eigenvalue weighted by molar-refractivity contribution is 0.174. The second kappa shape index (κ2) is 3.54. The highest BCUT2D eigenvalue weighted by atomic mass is 16.7. The van der Waals surface area contributed by atoms with Gasteiger partial charge in [-0.05, 0) is 58.3 Å². The number of benzene rings is 3. The first-order chi connectivity index (χ1) is 9.22. The van der Waals surface area contributed by atoms with E-state index < -0.39 is 0 Å². The zero-order chi connectivity index (χ0) is 13.0. The minimum absolute atomic E-state index is 0.272. The van der Waals surface area contributed by atoms with Crippen molar-refractivity contribution in [1.29, 1.82) is 0 Å². The molecule has 3 aromatic rings. The predicted molar refractivity (Wildman–Crippen MR) is 74.0 cm³/mol. The van der Waals surface area contributed by atoms with E-state index in [-0.39, 0.29) is 12.5 Å². The van der Waals surface area contributed by atoms with Crippen LogP contribution in [0.15, 0.2) is 36.4 Å². The van der Waals surface area contributed by atoms with Gasteiger partial charge in [0.1, 0.15) is 5.75 Å². The summed E-state index contributed by atoms with van der Waals surface area (Å²) < 4.78 is 10.8. The molecule has 1 N–H and O–H groups in total. The number of hydrogen-bond acceptors (Lipinski definition) is 3. The third kappa shape index (κ3) is 1.45. The van der Waals surface area contributed by atoms with Gasteiger partial charge < -0.3 is 14.6 Å². The topological polar surface area (TPSA) is 38.7 Å². The molecule has 1 aliphatic heterocycles. The van der Waals surface area contributed by atoms with Crippen LogP contribution in [0.2, 0.25) is 0 Å². The van der Waals surface area contributed by atoms with Gasteiger partial charge in [0.25, 0.3) is 0 Å². The Morgan fingerprint density at radius 3 is 2.53 bits per heavy atom. The largest absolute Gasteiger partial charge is 0.508 e. The summed E-state index contributed by atoms with van der Waals surface area (Å²) in [5, 5.41) is 14.1. The van der Waals surface area contributed by atoms with Gasteiger partial charge in [-0.2, -0.15) is 0 Å². The molecule has 0 saturated heterocycles. The monoisotopic (exact) mass is 252 g/mol. The summed E-state index contributed by atoms with van der Waals surface area (Å²) in [4.78, 5) is 0. The van der Waals surface area contributed by atoms with Crippen LogP contribution in [-0.4, -0.2) is 11.9 Å². The van der Waals surface area contributed by atoms with E-state index >= 15 is 0 Å². The molecule has 0 radical (unpaired) electrons. The Bertz CT molecular complexity index is 821. The molecule has 3 nitrogen and oxygen atoms in total. The number of hydrogen-bond donors (Lipinski definition) is 1. The summed E-state index contributed by atoms with van der Waals surface area (Å²) in [6.45, 7) is 2.34. The first kappa shape index (κ1) is 10.5. The van der Waals surface area contributed by atoms with E-state index in [0.717, 1.165) is 33.0 Å². The average Bonchev–Trinajstić information content (AvgIpc) is 2.84. The van der Waals surface area contributed by atoms with Crippen molar-refractivity contribution < 1.29 is 14.6 Å². The van der Waals surface area contributed by atoms with E-state index in [1.165, 1.54) is 5.56 Å². The Kier molecular flexibility index (Phi) is 1.96. The van der Waals surface area contributed by atoms with Crippen molar-refractivity contribution in [3.05, 3.63) is 42.0 Å². The number of fused-ring (bicyclic) bond motifs is 4. The molecular formula is C16H12O3. The summed E-state index contributed by atoms with van der Waals surface area (Å²) >= 11 is 0. The van der Waals surface area contributed by atoms with Crippen LogP contribution < -0.4 is 9.47 Å². The van der Waals surface area contributed by atoms with Crippen molar-refractivity contribution >= 4 is 21.5 Å². The molecule has 0 aliphatic carbocycles. The van der Waals surface area contributed by atoms with Gasteiger partial charge in [-0.1, -0.05) is 12.1 Å². The number of rotatable bonds is 0. The van der Waals surface area contributed by atoms with Crippen LogP contribution in [0.25, 0.3) is 21.5 Å². The Balaban J connectivity index is 2.20. The molecule has 19 heavy (non-hydrogen) atoms. The minimum Gasteiger partial charge on any atom is -0.508 e. The normalized spacial score (nSPS) is 13.3. The maximum absolute atomic E-state index is 9.72. The highest BCUT2D eigenvalue weighted by Crippen LogP contribution is 2.40. The molecule has 0 spiro atoms. The molecule has 0 aromatic heterocycles. The van der Waals surface area contributed by atoms with Crippen LogP contribution in [-0.2, 0) is 0 Å². The van der Waals surface area contributed by atoms with Crippen molar-refractivity contribution in [2.75, 3.05) is 6.79 Å². The van der Waals surface area contributed by atoms with Crippen molar-refractivity contribution in [3.8, 4) is 17.2 Å². The maximum atomic E-state index is 9.72. The van der Waals surface area contributed by atoms with Gasteiger partial charge in [0.2, 0.25) is 6.79 Å². The van der Waals surface area contributed by atoms with Crippen LogP contribution >= 0.6 is 0 Å². The van der Waals surface area contributed by atoms with E-state index in [0.29, 0.717) is 0 Å². The zero-order valence-corrected chi connectivity index (χ0v) is 10.4. The molecule has 0 atom stereocenters. The summed E-state index contributed by atoms with van der Waals surface area (Å²) in [6, 6.07) is 11.6. The first-order valence-corrected chi connectivity index (χ1v) is 6.18. The molecule has 0 amide bonds. The number of phenols is 1. The lowest BCUT2D eigenvalue weighted by atomic mass is 9.97. The molecule has 3 aromatic carbocycles. The number of ether oxygens (including phenoxy) is 2. The van der Waals surface area contributed by atoms with Crippen molar-refractivity contribution in [2.24, 2.45) is 0 Å². The smallest absolute Gasteiger partial charge is 0.231 e. The van der Waals surface area contributed by atoms with Gasteiger partial charge in [-0.25, -0.2) is 0 Å². The average molecular weight is 252 g/mol. The van der Waals surface area contributed by atoms with E-state index in [1.807, 2.05) is 18.2 Å². The standard InChI is InChI=1S/C16H12O3/c1-9-4-10-5-15-16(19-8-18-15)7-13(10)14-6-11(17)2-3-12(9)14/h2-7,17H,8H2,1H3. The molecule has 0 bridgehead atoms. The van der Waals surface area contributed by atoms with E-state index in [2.05, 4.69) is 13.0 Å². The lowest BCUT2D eigenvalue weighted by Crippen LogP contribution is -1.92. The number of aromatic hydroxyl groups is 1. The van der Waals surface area contributed by atoms with Crippen LogP contribution in [0.3, 0.4) is 0 Å². The molecular weight excluding hydrogens is 240 g/mol. The molecule has 0 fully saturated rings. The molecule has 4 rings (SSSR count). The van der Waals surface area contributed by atoms with E-state index in [4.69, 9.17) is 9.47 Å². The lowest BCUT2D eigenvalue weighted by Gasteiger charge is -2.09. The van der Waals surface area contributed by atoms with Crippen molar-refractivity contribution in [3.63, 3.8) is 0 Å². The second-order valence-corrected chi connectivity index (χ2v) is 4.85. The molecule has 0 saturated carbocycles. The van der Waals surface area contributed by atoms with Gasteiger partial charge in [0.05, 0.1) is 0 Å². The Labute approximate surface area is 110 Å². The third-order valence-corrected chi connectivity index (χ3v) is 3.63. The van der Waals surface area contributed by atoms with Gasteiger partial charge in [-0.3, -0.25) is 0 Å². The summed E-state index contributed by atoms with van der Waals surface area (Å²) in [5.74, 6) is 1.82. The van der Waals surface area contributed by atoms with Crippen molar-refractivity contribution in [1.82, 2.24) is 0 Å². The Morgan fingerprint density at radius 1 is 0.895 bits per heavy atom. The van der Waals surface area contributed by atoms with Crippen LogP contribution in [0.4, 0.5) is 0 Å². The van der Waals surface area contributed by atoms with Crippen LogP contribution in [0.1, 0.15) is 5.56 Å². The van der Waals surface area contributed by atoms with Gasteiger partial charge >= 0.3 is 0 Å². The molecule has 94 valence electrons. The first-order valence-electron chi connectivity index (χ1n) is 6.18. The van der Waals surface area contributed by atoms with E-state index in [1.54, 1.807) is 12.1 Å². The van der Waals surface area contributed by atoms with E-state index in [9.17, 15) is 5.11 Å². The number of aryl methyl sites for hydroxylation is 1. The quantitative estimate of drug-likeness (QED) is 0.619. The number of phenolic OH excluding ortho intramolecular Hbond substituents is 1. The predicted octanol–water partition coefficient (Wildman–Crippen LogP) is 3.74. The summed E-state index contributed by atoms with van der Waals surface area (Å²) in [6.07, 6.45) is 0.